The number of ether oxygens (including phenoxy) is 3. The molecule has 8 nitrogen and oxygen atoms in total. The van der Waals surface area contributed by atoms with Gasteiger partial charge in [0.15, 0.2) is 6.10 Å². The van der Waals surface area contributed by atoms with E-state index in [9.17, 15) is 13.2 Å². The van der Waals surface area contributed by atoms with Gasteiger partial charge in [-0.2, -0.15) is 0 Å². The Bertz CT molecular complexity index is 1250. The molecule has 1 heterocycles. The molecule has 0 unspecified atom stereocenters. The minimum Gasteiger partial charge on any atom is -0.497 e. The molecule has 0 aromatic heterocycles. The summed E-state index contributed by atoms with van der Waals surface area (Å²) in [7, 11) is -2.36. The fourth-order valence-electron chi connectivity index (χ4n) is 3.44. The molecule has 1 amide bonds. The zero-order chi connectivity index (χ0) is 24.1. The Labute approximate surface area is 203 Å². The highest BCUT2D eigenvalue weighted by molar-refractivity contribution is 7.92. The molecule has 0 spiro atoms. The highest BCUT2D eigenvalue weighted by Crippen LogP contribution is 2.38. The minimum atomic E-state index is -3.95. The lowest BCUT2D eigenvalue weighted by atomic mass is 10.2. The van der Waals surface area contributed by atoms with E-state index in [-0.39, 0.29) is 36.0 Å². The number of nitrogens with zero attached hydrogens (tertiary/aromatic N) is 1. The molecule has 0 saturated carbocycles. The fourth-order valence-corrected chi connectivity index (χ4v) is 5.09. The van der Waals surface area contributed by atoms with Crippen molar-refractivity contribution in [3.8, 4) is 17.2 Å². The topological polar surface area (TPSA) is 94.2 Å². The predicted molar refractivity (Wildman–Crippen MR) is 128 cm³/mol. The van der Waals surface area contributed by atoms with Crippen LogP contribution in [0.1, 0.15) is 0 Å². The molecule has 1 aliphatic rings. The van der Waals surface area contributed by atoms with E-state index in [1.165, 1.54) is 18.2 Å². The maximum Gasteiger partial charge on any atom is 0.264 e. The summed E-state index contributed by atoms with van der Waals surface area (Å²) in [6.07, 6.45) is -1.05. The predicted octanol–water partition coefficient (Wildman–Crippen LogP) is 3.50. The van der Waals surface area contributed by atoms with Gasteiger partial charge in [0.2, 0.25) is 0 Å². The molecule has 3 aromatic rings. The van der Waals surface area contributed by atoms with Gasteiger partial charge in [0.25, 0.3) is 15.9 Å². The Morgan fingerprint density at radius 3 is 2.50 bits per heavy atom. The number of hydrogen-bond donors (Lipinski definition) is 1. The van der Waals surface area contributed by atoms with Crippen molar-refractivity contribution in [3.63, 3.8) is 0 Å². The lowest BCUT2D eigenvalue weighted by Crippen LogP contribution is -2.51. The van der Waals surface area contributed by atoms with Gasteiger partial charge in [-0.25, -0.2) is 8.42 Å². The number of methoxy groups -OCH3 is 1. The summed E-state index contributed by atoms with van der Waals surface area (Å²) in [6.45, 7) is 0.238. The molecule has 178 valence electrons. The van der Waals surface area contributed by atoms with Crippen LogP contribution in [0.5, 0.6) is 17.2 Å². The number of anilines is 1. The van der Waals surface area contributed by atoms with Gasteiger partial charge in [-0.1, -0.05) is 29.8 Å². The summed E-state index contributed by atoms with van der Waals surface area (Å²) >= 11 is 6.11. The number of benzene rings is 3. The maximum atomic E-state index is 13.4. The van der Waals surface area contributed by atoms with E-state index >= 15 is 0 Å². The molecular formula is C24H23ClN2O6S. The van der Waals surface area contributed by atoms with Crippen molar-refractivity contribution in [2.24, 2.45) is 0 Å². The van der Waals surface area contributed by atoms with Gasteiger partial charge in [-0.15, -0.1) is 0 Å². The number of carbonyl (C=O) groups excluding carboxylic acids is 1. The Kier molecular flexibility index (Phi) is 7.14. The monoisotopic (exact) mass is 502 g/mol. The van der Waals surface area contributed by atoms with Crippen LogP contribution in [-0.4, -0.2) is 47.2 Å². The summed E-state index contributed by atoms with van der Waals surface area (Å²) in [4.78, 5) is 12.9. The maximum absolute atomic E-state index is 13.4. The van der Waals surface area contributed by atoms with Gasteiger partial charge in [0.05, 0.1) is 30.8 Å². The van der Waals surface area contributed by atoms with Gasteiger partial charge < -0.3 is 19.5 Å². The van der Waals surface area contributed by atoms with Gasteiger partial charge in [0.1, 0.15) is 23.9 Å². The zero-order valence-corrected chi connectivity index (χ0v) is 19.9. The highest BCUT2D eigenvalue weighted by Gasteiger charge is 2.37. The van der Waals surface area contributed by atoms with Crippen LogP contribution in [0.3, 0.4) is 0 Å². The normalized spacial score (nSPS) is 15.1. The molecule has 0 bridgehead atoms. The lowest BCUT2D eigenvalue weighted by molar-refractivity contribution is -0.127. The molecule has 34 heavy (non-hydrogen) atoms. The first kappa shape index (κ1) is 23.7. The van der Waals surface area contributed by atoms with Crippen molar-refractivity contribution in [1.29, 1.82) is 0 Å². The van der Waals surface area contributed by atoms with E-state index in [0.29, 0.717) is 16.5 Å². The average molecular weight is 503 g/mol. The van der Waals surface area contributed by atoms with E-state index < -0.39 is 22.0 Å². The van der Waals surface area contributed by atoms with Crippen molar-refractivity contribution < 1.29 is 27.4 Å². The second-order valence-electron chi connectivity index (χ2n) is 7.38. The van der Waals surface area contributed by atoms with Crippen molar-refractivity contribution in [3.05, 3.63) is 77.8 Å². The molecule has 0 radical (unpaired) electrons. The Balaban J connectivity index is 1.45. The number of fused-ring (bicyclic) bond motifs is 1. The number of carbonyl (C=O) groups is 1. The zero-order valence-electron chi connectivity index (χ0n) is 18.3. The number of sulfonamides is 1. The van der Waals surface area contributed by atoms with Crippen molar-refractivity contribution in [2.75, 3.05) is 31.1 Å². The third-order valence-corrected chi connectivity index (χ3v) is 7.17. The molecule has 3 aromatic carbocycles. The van der Waals surface area contributed by atoms with E-state index in [4.69, 9.17) is 25.8 Å². The quantitative estimate of drug-likeness (QED) is 0.474. The van der Waals surface area contributed by atoms with E-state index in [1.807, 2.05) is 0 Å². The van der Waals surface area contributed by atoms with E-state index in [1.54, 1.807) is 61.7 Å². The van der Waals surface area contributed by atoms with Gasteiger partial charge in [0, 0.05) is 5.02 Å². The average Bonchev–Trinajstić information content (AvgIpc) is 2.86. The molecule has 4 rings (SSSR count). The second kappa shape index (κ2) is 10.2. The fraction of sp³-hybridized carbons (Fsp3) is 0.208. The molecule has 1 aliphatic heterocycles. The molecule has 1 atom stereocenters. The molecule has 0 saturated heterocycles. The lowest BCUT2D eigenvalue weighted by Gasteiger charge is -2.34. The largest absolute Gasteiger partial charge is 0.497 e. The summed E-state index contributed by atoms with van der Waals surface area (Å²) in [5.74, 6) is 1.15. The molecular weight excluding hydrogens is 480 g/mol. The number of rotatable bonds is 8. The molecule has 0 aliphatic carbocycles. The van der Waals surface area contributed by atoms with Crippen molar-refractivity contribution >= 4 is 33.2 Å². The summed E-state index contributed by atoms with van der Waals surface area (Å²) in [5.41, 5.74) is 0.281. The first-order chi connectivity index (χ1) is 16.4. The number of halogens is 1. The van der Waals surface area contributed by atoms with Crippen LogP contribution in [0.4, 0.5) is 5.69 Å². The van der Waals surface area contributed by atoms with Gasteiger partial charge >= 0.3 is 0 Å². The van der Waals surface area contributed by atoms with Crippen LogP contribution in [0.2, 0.25) is 5.02 Å². The first-order valence-corrected chi connectivity index (χ1v) is 12.3. The molecule has 10 heteroatoms. The standard InChI is InChI=1S/C24H23ClN2O6S/c1-31-18-8-10-19(11-9-18)32-14-13-26-24(28)23-16-27(21-15-17(25)7-12-22(21)33-23)34(29,30)20-5-3-2-4-6-20/h2-12,15,23H,13-14,16H2,1H3,(H,26,28)/t23-/m1/s1. The van der Waals surface area contributed by atoms with E-state index in [2.05, 4.69) is 5.32 Å². The van der Waals surface area contributed by atoms with Crippen LogP contribution < -0.4 is 23.8 Å². The van der Waals surface area contributed by atoms with E-state index in [0.717, 1.165) is 4.31 Å². The molecule has 0 fully saturated rings. The van der Waals surface area contributed by atoms with Gasteiger partial charge in [-0.05, 0) is 54.6 Å². The summed E-state index contributed by atoms with van der Waals surface area (Å²) in [5, 5.41) is 3.09. The Morgan fingerprint density at radius 2 is 1.79 bits per heavy atom. The SMILES string of the molecule is COc1ccc(OCCNC(=O)[C@H]2CN(S(=O)(=O)c3ccccc3)c3cc(Cl)ccc3O2)cc1. The van der Waals surface area contributed by atoms with Crippen molar-refractivity contribution in [1.82, 2.24) is 5.32 Å². The third-order valence-electron chi connectivity index (χ3n) is 5.14. The van der Waals surface area contributed by atoms with Crippen LogP contribution >= 0.6 is 11.6 Å². The first-order valence-electron chi connectivity index (χ1n) is 10.5. The van der Waals surface area contributed by atoms with Crippen LogP contribution in [0, 0.1) is 0 Å². The van der Waals surface area contributed by atoms with Gasteiger partial charge in [-0.3, -0.25) is 9.10 Å². The summed E-state index contributed by atoms with van der Waals surface area (Å²) in [6, 6.07) is 19.7. The molecule has 1 N–H and O–H groups in total. The van der Waals surface area contributed by atoms with Crippen LogP contribution in [0.15, 0.2) is 77.7 Å². The number of amides is 1. The van der Waals surface area contributed by atoms with Crippen LogP contribution in [-0.2, 0) is 14.8 Å². The minimum absolute atomic E-state index is 0.106. The number of nitrogens with one attached hydrogen (secondary N) is 1. The number of hydrogen-bond acceptors (Lipinski definition) is 6. The Morgan fingerprint density at radius 1 is 1.09 bits per heavy atom. The van der Waals surface area contributed by atoms with Crippen molar-refractivity contribution in [2.45, 2.75) is 11.0 Å². The van der Waals surface area contributed by atoms with Crippen LogP contribution in [0.25, 0.3) is 0 Å². The second-order valence-corrected chi connectivity index (χ2v) is 9.68. The smallest absolute Gasteiger partial charge is 0.264 e. The summed E-state index contributed by atoms with van der Waals surface area (Å²) < 4.78 is 44.4. The third kappa shape index (κ3) is 5.21. The Hall–Kier alpha value is -3.43. The highest BCUT2D eigenvalue weighted by atomic mass is 35.5.